The minimum Gasteiger partial charge on any atom is -0.472 e. The average molecular weight is 780 g/mol. The maximum atomic E-state index is 14.4. The van der Waals surface area contributed by atoms with E-state index in [1.807, 2.05) is 0 Å². The quantitative estimate of drug-likeness (QED) is 0.366. The van der Waals surface area contributed by atoms with E-state index in [0.29, 0.717) is 37.7 Å². The first-order valence-electron chi connectivity index (χ1n) is 17.9. The number of carbonyl (C=O) groups is 4. The zero-order valence-electron chi connectivity index (χ0n) is 30.3. The van der Waals surface area contributed by atoms with Gasteiger partial charge >= 0.3 is 12.5 Å². The van der Waals surface area contributed by atoms with Gasteiger partial charge in [-0.15, -0.1) is 13.2 Å². The van der Waals surface area contributed by atoms with Gasteiger partial charge in [-0.2, -0.15) is 0 Å². The van der Waals surface area contributed by atoms with Crippen molar-refractivity contribution >= 4 is 50.7 Å². The fourth-order valence-corrected chi connectivity index (χ4v) is 8.40. The van der Waals surface area contributed by atoms with Crippen LogP contribution in [0.4, 0.5) is 18.0 Å². The number of carbonyl (C=O) groups excluding carboxylic acids is 4. The van der Waals surface area contributed by atoms with Crippen molar-refractivity contribution in [1.29, 1.82) is 0 Å². The van der Waals surface area contributed by atoms with Crippen molar-refractivity contribution in [2.24, 2.45) is 11.3 Å². The number of benzene rings is 1. The number of amides is 4. The first-order chi connectivity index (χ1) is 25.3. The molecule has 1 aromatic heterocycles. The number of halogens is 3. The molecule has 14 nitrogen and oxygen atoms in total. The molecule has 2 saturated carbocycles. The number of alkyl carbamates (subject to hydrolysis) is 1. The van der Waals surface area contributed by atoms with Crippen molar-refractivity contribution in [3.63, 3.8) is 0 Å². The molecular weight excluding hydrogens is 735 g/mol. The molecule has 3 heterocycles. The summed E-state index contributed by atoms with van der Waals surface area (Å²) in [6.45, 7) is 6.73. The van der Waals surface area contributed by atoms with Gasteiger partial charge < -0.3 is 29.7 Å². The van der Waals surface area contributed by atoms with Gasteiger partial charge in [0, 0.05) is 23.4 Å². The van der Waals surface area contributed by atoms with E-state index in [2.05, 4.69) is 25.1 Å². The average Bonchev–Trinajstić information content (AvgIpc) is 4.00. The molecule has 3 fully saturated rings. The molecule has 4 amide bonds. The van der Waals surface area contributed by atoms with Crippen LogP contribution in [0.25, 0.3) is 16.8 Å². The van der Waals surface area contributed by atoms with Gasteiger partial charge in [-0.25, -0.2) is 18.2 Å². The smallest absolute Gasteiger partial charge is 0.472 e. The molecule has 0 unspecified atom stereocenters. The Labute approximate surface area is 310 Å². The molecule has 54 heavy (non-hydrogen) atoms. The number of nitrogens with zero attached hydrogens (tertiary/aromatic N) is 2. The van der Waals surface area contributed by atoms with Gasteiger partial charge in [0.05, 0.1) is 18.4 Å². The minimum atomic E-state index is -5.00. The Morgan fingerprint density at radius 3 is 2.54 bits per heavy atom. The fourth-order valence-electron chi connectivity index (χ4n) is 7.03. The highest BCUT2D eigenvalue weighted by Gasteiger charge is 2.62. The number of cyclic esters (lactones) is 1. The van der Waals surface area contributed by atoms with Crippen LogP contribution in [0.2, 0.25) is 0 Å². The van der Waals surface area contributed by atoms with Crippen LogP contribution in [0.5, 0.6) is 11.6 Å². The number of hydrogen-bond donors (Lipinski definition) is 3. The maximum absolute atomic E-state index is 14.4. The Balaban J connectivity index is 1.37. The first kappa shape index (κ1) is 39.1. The molecule has 6 rings (SSSR count). The number of aromatic nitrogens is 1. The Morgan fingerprint density at radius 1 is 1.15 bits per heavy atom. The summed E-state index contributed by atoms with van der Waals surface area (Å²) in [5, 5.41) is 4.98. The predicted molar refractivity (Wildman–Crippen MR) is 188 cm³/mol. The maximum Gasteiger partial charge on any atom is 0.573 e. The Morgan fingerprint density at radius 2 is 1.89 bits per heavy atom. The van der Waals surface area contributed by atoms with Gasteiger partial charge in [0.2, 0.25) is 27.7 Å². The van der Waals surface area contributed by atoms with E-state index in [1.165, 1.54) is 23.2 Å². The number of alkyl halides is 3. The SMILES string of the molecule is CC[C@@H]1C[C@]1(NC(=O)[C@@H]1C[C@@H]2CN1C(=O)[C@H](C(C)(C)C)NC(=O)OCCC/C=C/c1cc(OC(F)(F)F)c3ccnc(c3c1)O2)C(=O)NS(=O)(=O)C1CC1. The number of pyridine rings is 1. The lowest BCUT2D eigenvalue weighted by Gasteiger charge is -2.35. The third-order valence-corrected chi connectivity index (χ3v) is 12.0. The van der Waals surface area contributed by atoms with Crippen LogP contribution in [-0.4, -0.2) is 90.6 Å². The number of hydrogen-bond acceptors (Lipinski definition) is 10. The van der Waals surface area contributed by atoms with Crippen molar-refractivity contribution < 1.29 is 55.0 Å². The number of nitrogens with one attached hydrogen (secondary N) is 3. The number of allylic oxidation sites excluding steroid dienone is 1. The lowest BCUT2D eigenvalue weighted by atomic mass is 9.85. The highest BCUT2D eigenvalue weighted by molar-refractivity contribution is 7.91. The highest BCUT2D eigenvalue weighted by atomic mass is 32.2. The second kappa shape index (κ2) is 14.6. The van der Waals surface area contributed by atoms with Crippen LogP contribution < -0.4 is 24.8 Å². The molecule has 2 aliphatic heterocycles. The van der Waals surface area contributed by atoms with Gasteiger partial charge in [-0.05, 0) is 67.2 Å². The molecule has 2 aliphatic carbocycles. The van der Waals surface area contributed by atoms with E-state index in [-0.39, 0.29) is 48.6 Å². The van der Waals surface area contributed by atoms with E-state index < -0.39 is 80.3 Å². The number of ether oxygens (including phenoxy) is 3. The topological polar surface area (TPSA) is 182 Å². The van der Waals surface area contributed by atoms with Crippen LogP contribution in [-0.2, 0) is 29.1 Å². The minimum absolute atomic E-state index is 0.0285. The van der Waals surface area contributed by atoms with Crippen LogP contribution in [0.3, 0.4) is 0 Å². The normalized spacial score (nSPS) is 27.2. The number of sulfonamides is 1. The van der Waals surface area contributed by atoms with E-state index in [0.717, 1.165) is 0 Å². The van der Waals surface area contributed by atoms with Crippen molar-refractivity contribution in [1.82, 2.24) is 25.2 Å². The van der Waals surface area contributed by atoms with Crippen molar-refractivity contribution in [2.75, 3.05) is 13.2 Å². The van der Waals surface area contributed by atoms with E-state index in [4.69, 9.17) is 9.47 Å². The Kier molecular flexibility index (Phi) is 10.5. The Bertz CT molecular complexity index is 1960. The fraction of sp³-hybridized carbons (Fsp3) is 0.583. The van der Waals surface area contributed by atoms with Gasteiger partial charge in [-0.3, -0.25) is 19.1 Å². The second-order valence-corrected chi connectivity index (χ2v) is 17.3. The van der Waals surface area contributed by atoms with Crippen molar-refractivity contribution in [3.05, 3.63) is 36.0 Å². The number of rotatable bonds is 7. The summed E-state index contributed by atoms with van der Waals surface area (Å²) in [7, 11) is -3.93. The number of fused-ring (bicyclic) bond motifs is 3. The summed E-state index contributed by atoms with van der Waals surface area (Å²) >= 11 is 0. The highest BCUT2D eigenvalue weighted by Crippen LogP contribution is 2.47. The van der Waals surface area contributed by atoms with E-state index >= 15 is 0 Å². The lowest BCUT2D eigenvalue weighted by molar-refractivity contribution is -0.274. The molecule has 4 aliphatic rings. The molecule has 0 radical (unpaired) electrons. The third kappa shape index (κ3) is 8.52. The third-order valence-electron chi connectivity index (χ3n) is 10.2. The summed E-state index contributed by atoms with van der Waals surface area (Å²) < 4.78 is 84.1. The molecule has 5 atom stereocenters. The summed E-state index contributed by atoms with van der Waals surface area (Å²) in [6, 6.07) is 1.70. The summed E-state index contributed by atoms with van der Waals surface area (Å²) in [5.41, 5.74) is -2.07. The standard InChI is InChI=1S/C36H44F3N5O9S/c1-5-21-18-35(21,32(47)43-54(49,50)23-10-11-23)42-29(45)26-17-22-19-44(26)31(46)28(34(2,3)4)41-33(48)51-14-8-6-7-9-20-15-25-24(12-13-40-30(25)52-22)27(16-20)53-36(37,38)39/h7,9,12-13,15-16,21-23,26,28H,5-6,8,10-11,14,17-19H2,1-4H3,(H,41,48)(H,42,45)(H,43,47)/b9-7+/t21-,22-,26+,28-,35-/m1/s1. The zero-order chi connectivity index (χ0) is 39.2. The molecule has 1 aromatic carbocycles. The van der Waals surface area contributed by atoms with Crippen molar-refractivity contribution in [2.45, 2.75) is 108 Å². The molecule has 4 bridgehead atoms. The van der Waals surface area contributed by atoms with Crippen LogP contribution in [0.15, 0.2) is 30.5 Å². The first-order valence-corrected chi connectivity index (χ1v) is 19.5. The molecule has 2 aromatic rings. The van der Waals surface area contributed by atoms with Crippen molar-refractivity contribution in [3.8, 4) is 11.6 Å². The monoisotopic (exact) mass is 779 g/mol. The van der Waals surface area contributed by atoms with Crippen LogP contribution in [0.1, 0.15) is 78.2 Å². The summed E-state index contributed by atoms with van der Waals surface area (Å²) in [5.74, 6) is -3.18. The molecule has 294 valence electrons. The largest absolute Gasteiger partial charge is 0.573 e. The van der Waals surface area contributed by atoms with Gasteiger partial charge in [-0.1, -0.05) is 46.3 Å². The lowest BCUT2D eigenvalue weighted by Crippen LogP contribution is -2.60. The molecule has 1 saturated heterocycles. The van der Waals surface area contributed by atoms with Gasteiger partial charge in [0.1, 0.15) is 29.5 Å². The van der Waals surface area contributed by atoms with Gasteiger partial charge in [0.25, 0.3) is 5.91 Å². The van der Waals surface area contributed by atoms with Crippen LogP contribution in [0, 0.1) is 11.3 Å². The van der Waals surface area contributed by atoms with E-state index in [1.54, 1.807) is 45.9 Å². The summed E-state index contributed by atoms with van der Waals surface area (Å²) in [4.78, 5) is 60.7. The van der Waals surface area contributed by atoms with Gasteiger partial charge in [0.15, 0.2) is 0 Å². The molecule has 0 spiro atoms. The Hall–Kier alpha value is -4.61. The molecule has 3 N–H and O–H groups in total. The van der Waals surface area contributed by atoms with Crippen LogP contribution >= 0.6 is 0 Å². The molecular formula is C36H44F3N5O9S. The predicted octanol–water partition coefficient (Wildman–Crippen LogP) is 4.32. The zero-order valence-corrected chi connectivity index (χ0v) is 31.1. The molecule has 18 heteroatoms. The second-order valence-electron chi connectivity index (χ2n) is 15.3. The van der Waals surface area contributed by atoms with E-state index in [9.17, 15) is 40.8 Å². The summed E-state index contributed by atoms with van der Waals surface area (Å²) in [6.07, 6.45) is -0.148.